The zero-order valence-electron chi connectivity index (χ0n) is 15.2. The molecule has 0 bridgehead atoms. The highest BCUT2D eigenvalue weighted by atomic mass is 16.5. The van der Waals surface area contributed by atoms with Crippen LogP contribution in [-0.4, -0.2) is 17.3 Å². The molecule has 0 spiro atoms. The molecule has 1 aromatic rings. The molecule has 2 nitrogen and oxygen atoms in total. The molecule has 23 heavy (non-hydrogen) atoms. The monoisotopic (exact) mass is 318 g/mol. The Kier molecular flexibility index (Phi) is 6.95. The Morgan fingerprint density at radius 1 is 1.17 bits per heavy atom. The molecule has 0 saturated heterocycles. The molecule has 0 amide bonds. The second-order valence-electron chi connectivity index (χ2n) is 8.09. The van der Waals surface area contributed by atoms with Crippen LogP contribution in [0.25, 0.3) is 0 Å². The largest absolute Gasteiger partial charge is 0.490 e. The van der Waals surface area contributed by atoms with E-state index in [2.05, 4.69) is 19.1 Å². The van der Waals surface area contributed by atoms with Gasteiger partial charge in [-0.05, 0) is 56.6 Å². The predicted molar refractivity (Wildman–Crippen MR) is 96.9 cm³/mol. The Morgan fingerprint density at radius 3 is 2.57 bits per heavy atom. The summed E-state index contributed by atoms with van der Waals surface area (Å²) in [5.41, 5.74) is 0.480. The van der Waals surface area contributed by atoms with Crippen molar-refractivity contribution < 1.29 is 9.84 Å². The summed E-state index contributed by atoms with van der Waals surface area (Å²) in [6.07, 6.45) is 10.9. The third kappa shape index (κ3) is 6.95. The molecule has 130 valence electrons. The molecular weight excluding hydrogens is 284 g/mol. The number of ether oxygens (including phenoxy) is 1. The predicted octanol–water partition coefficient (Wildman–Crippen LogP) is 5.38. The highest BCUT2D eigenvalue weighted by Crippen LogP contribution is 2.31. The fourth-order valence-corrected chi connectivity index (χ4v) is 3.62. The number of rotatable bonds is 8. The minimum Gasteiger partial charge on any atom is -0.490 e. The number of hydrogen-bond acceptors (Lipinski definition) is 2. The average Bonchev–Trinajstić information content (AvgIpc) is 2.52. The van der Waals surface area contributed by atoms with E-state index in [9.17, 15) is 5.11 Å². The minimum absolute atomic E-state index is 0.335. The van der Waals surface area contributed by atoms with Crippen LogP contribution in [0.15, 0.2) is 24.3 Å². The van der Waals surface area contributed by atoms with Crippen LogP contribution in [0.3, 0.4) is 0 Å². The first-order chi connectivity index (χ1) is 10.9. The van der Waals surface area contributed by atoms with Crippen molar-refractivity contribution in [2.24, 2.45) is 11.8 Å². The summed E-state index contributed by atoms with van der Waals surface area (Å²) in [7, 11) is 0. The first kappa shape index (κ1) is 18.3. The molecule has 2 heteroatoms. The molecule has 1 aromatic carbocycles. The van der Waals surface area contributed by atoms with Crippen LogP contribution >= 0.6 is 0 Å². The Labute approximate surface area is 142 Å². The topological polar surface area (TPSA) is 29.5 Å². The zero-order chi connectivity index (χ0) is 16.7. The van der Waals surface area contributed by atoms with Crippen molar-refractivity contribution in [3.05, 3.63) is 29.8 Å². The zero-order valence-corrected chi connectivity index (χ0v) is 15.2. The average molecular weight is 319 g/mol. The summed E-state index contributed by atoms with van der Waals surface area (Å²) in [4.78, 5) is 0. The van der Waals surface area contributed by atoms with Crippen LogP contribution in [0.4, 0.5) is 0 Å². The standard InChI is InChI=1S/C21H34O2/c1-17(15-18-9-5-4-6-10-18)13-14-19-11-7-8-12-20(19)23-16-21(2,3)22/h7-8,11-12,17-18,22H,4-6,9-10,13-16H2,1-3H3. The normalized spacial score (nSPS) is 17.9. The Balaban J connectivity index is 1.82. The van der Waals surface area contributed by atoms with Gasteiger partial charge in [-0.3, -0.25) is 0 Å². The van der Waals surface area contributed by atoms with Crippen molar-refractivity contribution in [1.29, 1.82) is 0 Å². The van der Waals surface area contributed by atoms with Crippen molar-refractivity contribution in [2.45, 2.75) is 77.7 Å². The first-order valence-corrected chi connectivity index (χ1v) is 9.37. The van der Waals surface area contributed by atoms with Crippen molar-refractivity contribution in [1.82, 2.24) is 0 Å². The molecule has 0 radical (unpaired) electrons. The van der Waals surface area contributed by atoms with E-state index in [1.54, 1.807) is 13.8 Å². The van der Waals surface area contributed by atoms with Gasteiger partial charge in [0, 0.05) is 0 Å². The smallest absolute Gasteiger partial charge is 0.122 e. The fourth-order valence-electron chi connectivity index (χ4n) is 3.62. The fraction of sp³-hybridized carbons (Fsp3) is 0.714. The van der Waals surface area contributed by atoms with Gasteiger partial charge in [-0.2, -0.15) is 0 Å². The first-order valence-electron chi connectivity index (χ1n) is 9.37. The van der Waals surface area contributed by atoms with E-state index in [4.69, 9.17) is 4.74 Å². The molecule has 1 fully saturated rings. The second-order valence-corrected chi connectivity index (χ2v) is 8.09. The lowest BCUT2D eigenvalue weighted by atomic mass is 9.82. The summed E-state index contributed by atoms with van der Waals surface area (Å²) in [5, 5.41) is 9.85. The quantitative estimate of drug-likeness (QED) is 0.697. The third-order valence-electron chi connectivity index (χ3n) is 4.92. The van der Waals surface area contributed by atoms with Gasteiger partial charge < -0.3 is 9.84 Å². The van der Waals surface area contributed by atoms with Crippen molar-refractivity contribution in [2.75, 3.05) is 6.61 Å². The van der Waals surface area contributed by atoms with Gasteiger partial charge in [0.15, 0.2) is 0 Å². The van der Waals surface area contributed by atoms with Gasteiger partial charge in [0.1, 0.15) is 12.4 Å². The van der Waals surface area contributed by atoms with Gasteiger partial charge in [0.2, 0.25) is 0 Å². The van der Waals surface area contributed by atoms with Gasteiger partial charge >= 0.3 is 0 Å². The van der Waals surface area contributed by atoms with E-state index in [0.717, 1.165) is 24.0 Å². The van der Waals surface area contributed by atoms with Crippen LogP contribution in [0.2, 0.25) is 0 Å². The highest BCUT2D eigenvalue weighted by Gasteiger charge is 2.17. The summed E-state index contributed by atoms with van der Waals surface area (Å²) >= 11 is 0. The van der Waals surface area contributed by atoms with Crippen molar-refractivity contribution in [3.8, 4) is 5.75 Å². The van der Waals surface area contributed by atoms with Crippen LogP contribution in [0.1, 0.15) is 71.3 Å². The number of aliphatic hydroxyl groups is 1. The minimum atomic E-state index is -0.790. The summed E-state index contributed by atoms with van der Waals surface area (Å²) in [6, 6.07) is 8.27. The molecule has 1 atom stereocenters. The molecule has 2 rings (SSSR count). The Morgan fingerprint density at radius 2 is 1.87 bits per heavy atom. The van der Waals surface area contributed by atoms with Gasteiger partial charge in [0.05, 0.1) is 5.60 Å². The van der Waals surface area contributed by atoms with Crippen LogP contribution < -0.4 is 4.74 Å². The van der Waals surface area contributed by atoms with E-state index in [0.29, 0.717) is 6.61 Å². The van der Waals surface area contributed by atoms with Crippen LogP contribution in [0.5, 0.6) is 5.75 Å². The Hall–Kier alpha value is -1.02. The lowest BCUT2D eigenvalue weighted by Gasteiger charge is -2.25. The van der Waals surface area contributed by atoms with Gasteiger partial charge in [0.25, 0.3) is 0 Å². The molecule has 1 aliphatic carbocycles. The van der Waals surface area contributed by atoms with E-state index >= 15 is 0 Å². The number of benzene rings is 1. The summed E-state index contributed by atoms with van der Waals surface area (Å²) < 4.78 is 5.83. The molecule has 0 heterocycles. The molecule has 0 aromatic heterocycles. The maximum atomic E-state index is 9.85. The summed E-state index contributed by atoms with van der Waals surface area (Å²) in [6.45, 7) is 6.29. The molecule has 1 N–H and O–H groups in total. The van der Waals surface area contributed by atoms with E-state index in [1.165, 1.54) is 50.5 Å². The molecule has 0 aliphatic heterocycles. The second kappa shape index (κ2) is 8.73. The summed E-state index contributed by atoms with van der Waals surface area (Å²) in [5.74, 6) is 2.67. The third-order valence-corrected chi connectivity index (χ3v) is 4.92. The maximum absolute atomic E-state index is 9.85. The van der Waals surface area contributed by atoms with Crippen molar-refractivity contribution in [3.63, 3.8) is 0 Å². The number of para-hydroxylation sites is 1. The lowest BCUT2D eigenvalue weighted by molar-refractivity contribution is 0.0281. The van der Waals surface area contributed by atoms with Gasteiger partial charge in [-0.25, -0.2) is 0 Å². The molecule has 1 unspecified atom stereocenters. The lowest BCUT2D eigenvalue weighted by Crippen LogP contribution is -2.28. The SMILES string of the molecule is CC(CCc1ccccc1OCC(C)(C)O)CC1CCCCC1. The van der Waals surface area contributed by atoms with Gasteiger partial charge in [-0.15, -0.1) is 0 Å². The number of hydrogen-bond donors (Lipinski definition) is 1. The molecular formula is C21H34O2. The van der Waals surface area contributed by atoms with Gasteiger partial charge in [-0.1, -0.05) is 57.2 Å². The van der Waals surface area contributed by atoms with Crippen molar-refractivity contribution >= 4 is 0 Å². The Bertz CT molecular complexity index is 455. The van der Waals surface area contributed by atoms with E-state index in [-0.39, 0.29) is 0 Å². The van der Waals surface area contributed by atoms with E-state index < -0.39 is 5.60 Å². The molecule has 1 aliphatic rings. The number of aryl methyl sites for hydroxylation is 1. The van der Waals surface area contributed by atoms with Crippen LogP contribution in [-0.2, 0) is 6.42 Å². The van der Waals surface area contributed by atoms with Crippen LogP contribution in [0, 0.1) is 11.8 Å². The van der Waals surface area contributed by atoms with E-state index in [1.807, 2.05) is 12.1 Å². The highest BCUT2D eigenvalue weighted by molar-refractivity contribution is 5.33. The maximum Gasteiger partial charge on any atom is 0.122 e. The molecule has 1 saturated carbocycles.